The normalized spacial score (nSPS) is 14.6. The zero-order chi connectivity index (χ0) is 20.7. The van der Waals surface area contributed by atoms with Crippen molar-refractivity contribution in [3.05, 3.63) is 94.1 Å². The van der Waals surface area contributed by atoms with Crippen molar-refractivity contribution in [2.45, 2.75) is 19.8 Å². The Morgan fingerprint density at radius 1 is 1.07 bits per heavy atom. The Hall–Kier alpha value is -3.59. The van der Waals surface area contributed by atoms with E-state index in [1.165, 1.54) is 38.6 Å². The van der Waals surface area contributed by atoms with Crippen LogP contribution in [0, 0.1) is 0 Å². The fraction of sp³-hybridized carbons (Fsp3) is 0.148. The highest BCUT2D eigenvalue weighted by molar-refractivity contribution is 6.07. The number of anilines is 1. The van der Waals surface area contributed by atoms with Gasteiger partial charge in [0.2, 0.25) is 0 Å². The number of carboxylic acids is 1. The second-order valence-corrected chi connectivity index (χ2v) is 8.04. The lowest BCUT2D eigenvalue weighted by atomic mass is 9.81. The first-order chi connectivity index (χ1) is 14.6. The Morgan fingerprint density at radius 3 is 2.70 bits per heavy atom. The number of rotatable bonds is 5. The summed E-state index contributed by atoms with van der Waals surface area (Å²) in [5, 5.41) is 15.3. The lowest BCUT2D eigenvalue weighted by Gasteiger charge is -2.24. The second-order valence-electron chi connectivity index (χ2n) is 8.04. The molecular weight excluding hydrogens is 370 g/mol. The molecule has 0 heterocycles. The van der Waals surface area contributed by atoms with Gasteiger partial charge in [-0.05, 0) is 71.2 Å². The van der Waals surface area contributed by atoms with Crippen molar-refractivity contribution in [2.24, 2.45) is 0 Å². The van der Waals surface area contributed by atoms with Crippen LogP contribution in [0.15, 0.2) is 66.3 Å². The molecule has 0 fully saturated rings. The minimum atomic E-state index is -0.900. The van der Waals surface area contributed by atoms with Gasteiger partial charge in [0.1, 0.15) is 0 Å². The van der Waals surface area contributed by atoms with Gasteiger partial charge in [-0.25, -0.2) is 4.79 Å². The van der Waals surface area contributed by atoms with Gasteiger partial charge in [0.05, 0.1) is 5.56 Å². The number of aromatic carboxylic acids is 1. The zero-order valence-electron chi connectivity index (χ0n) is 16.9. The molecule has 0 saturated carbocycles. The molecule has 0 spiro atoms. The molecule has 2 aliphatic rings. The van der Waals surface area contributed by atoms with E-state index in [1.54, 1.807) is 12.1 Å². The molecule has 0 atom stereocenters. The average molecular weight is 393 g/mol. The van der Waals surface area contributed by atoms with Crippen LogP contribution in [-0.4, -0.2) is 17.6 Å². The smallest absolute Gasteiger partial charge is 0.335 e. The van der Waals surface area contributed by atoms with Gasteiger partial charge in [-0.15, -0.1) is 0 Å². The maximum Gasteiger partial charge on any atom is 0.335 e. The van der Waals surface area contributed by atoms with Crippen LogP contribution < -0.4 is 5.32 Å². The molecule has 3 aromatic carbocycles. The van der Waals surface area contributed by atoms with Crippen molar-refractivity contribution in [1.82, 2.24) is 0 Å². The molecule has 0 amide bonds. The Bertz CT molecular complexity index is 1260. The molecule has 0 saturated heterocycles. The molecule has 2 N–H and O–H groups in total. The van der Waals surface area contributed by atoms with E-state index in [-0.39, 0.29) is 0 Å². The molecule has 148 valence electrons. The molecular formula is C27H23NO2. The average Bonchev–Trinajstić information content (AvgIpc) is 2.77. The SMILES string of the molecule is CC(=Cc1ccc(C(=O)O)cc1)CNc1ccc2c3c4c(ccc13)C=CCC4=CC2. The Labute approximate surface area is 176 Å². The fourth-order valence-corrected chi connectivity index (χ4v) is 4.47. The van der Waals surface area contributed by atoms with Crippen LogP contribution in [-0.2, 0) is 6.42 Å². The Kier molecular flexibility index (Phi) is 4.51. The summed E-state index contributed by atoms with van der Waals surface area (Å²) in [6.07, 6.45) is 11.0. The van der Waals surface area contributed by atoms with E-state index < -0.39 is 5.97 Å². The van der Waals surface area contributed by atoms with Gasteiger partial charge in [0.15, 0.2) is 0 Å². The van der Waals surface area contributed by atoms with E-state index in [1.807, 2.05) is 12.1 Å². The first kappa shape index (κ1) is 18.4. The van der Waals surface area contributed by atoms with Crippen LogP contribution in [0.2, 0.25) is 0 Å². The van der Waals surface area contributed by atoms with Crippen LogP contribution in [0.1, 0.15) is 46.0 Å². The minimum Gasteiger partial charge on any atom is -0.478 e. The van der Waals surface area contributed by atoms with Gasteiger partial charge >= 0.3 is 5.97 Å². The summed E-state index contributed by atoms with van der Waals surface area (Å²) >= 11 is 0. The number of carbonyl (C=O) groups is 1. The third kappa shape index (κ3) is 3.22. The van der Waals surface area contributed by atoms with E-state index in [0.29, 0.717) is 5.56 Å². The van der Waals surface area contributed by atoms with E-state index in [2.05, 4.69) is 60.8 Å². The van der Waals surface area contributed by atoms with Crippen molar-refractivity contribution in [3.8, 4) is 0 Å². The third-order valence-electron chi connectivity index (χ3n) is 5.95. The summed E-state index contributed by atoms with van der Waals surface area (Å²) in [4.78, 5) is 11.0. The summed E-state index contributed by atoms with van der Waals surface area (Å²) in [7, 11) is 0. The molecule has 2 aliphatic carbocycles. The van der Waals surface area contributed by atoms with Crippen LogP contribution in [0.4, 0.5) is 5.69 Å². The highest BCUT2D eigenvalue weighted by Gasteiger charge is 2.20. The Morgan fingerprint density at radius 2 is 1.90 bits per heavy atom. The topological polar surface area (TPSA) is 49.3 Å². The van der Waals surface area contributed by atoms with Gasteiger partial charge in [-0.1, -0.05) is 60.2 Å². The number of allylic oxidation sites excluding steroid dienone is 3. The highest BCUT2D eigenvalue weighted by atomic mass is 16.4. The lowest BCUT2D eigenvalue weighted by Crippen LogP contribution is -2.07. The first-order valence-corrected chi connectivity index (χ1v) is 10.3. The van der Waals surface area contributed by atoms with Gasteiger partial charge in [0.25, 0.3) is 0 Å². The standard InChI is InChI=1S/C27H23NO2/c1-17(15-18-5-7-22(8-6-18)27(29)30)16-28-24-14-12-21-10-9-19-3-2-4-20-11-13-23(24)26(21)25(19)20/h2,4-9,11-15,28H,3,10,16H2,1H3,(H,29,30). The number of carboxylic acid groups (broad SMARTS) is 1. The summed E-state index contributed by atoms with van der Waals surface area (Å²) in [6, 6.07) is 15.9. The molecule has 30 heavy (non-hydrogen) atoms. The van der Waals surface area contributed by atoms with Crippen LogP contribution in [0.25, 0.3) is 28.5 Å². The largest absolute Gasteiger partial charge is 0.478 e. The molecule has 0 unspecified atom stereocenters. The van der Waals surface area contributed by atoms with E-state index in [4.69, 9.17) is 5.11 Å². The molecule has 0 bridgehead atoms. The van der Waals surface area contributed by atoms with Gasteiger partial charge in [0, 0.05) is 17.6 Å². The van der Waals surface area contributed by atoms with Gasteiger partial charge < -0.3 is 10.4 Å². The third-order valence-corrected chi connectivity index (χ3v) is 5.95. The summed E-state index contributed by atoms with van der Waals surface area (Å²) in [5.41, 5.74) is 9.22. The quantitative estimate of drug-likeness (QED) is 0.526. The van der Waals surface area contributed by atoms with Gasteiger partial charge in [-0.3, -0.25) is 0 Å². The fourth-order valence-electron chi connectivity index (χ4n) is 4.47. The number of benzene rings is 3. The van der Waals surface area contributed by atoms with Crippen LogP contribution >= 0.6 is 0 Å². The summed E-state index contributed by atoms with van der Waals surface area (Å²) < 4.78 is 0. The van der Waals surface area contributed by atoms with Crippen molar-refractivity contribution < 1.29 is 9.90 Å². The first-order valence-electron chi connectivity index (χ1n) is 10.3. The molecule has 0 aliphatic heterocycles. The highest BCUT2D eigenvalue weighted by Crippen LogP contribution is 2.42. The minimum absolute atomic E-state index is 0.308. The maximum absolute atomic E-state index is 11.0. The van der Waals surface area contributed by atoms with E-state index in [9.17, 15) is 4.79 Å². The van der Waals surface area contributed by atoms with Crippen molar-refractivity contribution in [1.29, 1.82) is 0 Å². The lowest BCUT2D eigenvalue weighted by molar-refractivity contribution is 0.0697. The second kappa shape index (κ2) is 7.34. The predicted octanol–water partition coefficient (Wildman–Crippen LogP) is 6.41. The van der Waals surface area contributed by atoms with Crippen molar-refractivity contribution in [3.63, 3.8) is 0 Å². The summed E-state index contributed by atoms with van der Waals surface area (Å²) in [5.74, 6) is -0.900. The molecule has 0 radical (unpaired) electrons. The van der Waals surface area contributed by atoms with Crippen LogP contribution in [0.5, 0.6) is 0 Å². The van der Waals surface area contributed by atoms with Crippen molar-refractivity contribution in [2.75, 3.05) is 11.9 Å². The monoisotopic (exact) mass is 393 g/mol. The predicted molar refractivity (Wildman–Crippen MR) is 125 cm³/mol. The number of hydrogen-bond donors (Lipinski definition) is 2. The van der Waals surface area contributed by atoms with Crippen LogP contribution in [0.3, 0.4) is 0 Å². The zero-order valence-corrected chi connectivity index (χ0v) is 16.9. The number of nitrogens with one attached hydrogen (secondary N) is 1. The van der Waals surface area contributed by atoms with E-state index >= 15 is 0 Å². The molecule has 3 nitrogen and oxygen atoms in total. The molecule has 3 aromatic rings. The number of hydrogen-bond acceptors (Lipinski definition) is 2. The molecule has 3 heteroatoms. The van der Waals surface area contributed by atoms with Gasteiger partial charge in [-0.2, -0.15) is 0 Å². The maximum atomic E-state index is 11.0. The molecule has 5 rings (SSSR count). The molecule has 0 aromatic heterocycles. The van der Waals surface area contributed by atoms with E-state index in [0.717, 1.165) is 30.6 Å². The van der Waals surface area contributed by atoms with Crippen molar-refractivity contribution >= 4 is 40.2 Å². The Balaban J connectivity index is 1.42. The summed E-state index contributed by atoms with van der Waals surface area (Å²) in [6.45, 7) is 2.82.